The first-order valence-corrected chi connectivity index (χ1v) is 5.82. The molecule has 0 amide bonds. The van der Waals surface area contributed by atoms with Gasteiger partial charge in [0.25, 0.3) is 0 Å². The van der Waals surface area contributed by atoms with Crippen LogP contribution in [0.5, 0.6) is 0 Å². The fourth-order valence-corrected chi connectivity index (χ4v) is 2.36. The lowest BCUT2D eigenvalue weighted by molar-refractivity contribution is -0.146. The van der Waals surface area contributed by atoms with Crippen LogP contribution in [0.25, 0.3) is 0 Å². The highest BCUT2D eigenvalue weighted by molar-refractivity contribution is 5.72. The van der Waals surface area contributed by atoms with Crippen molar-refractivity contribution >= 4 is 12.3 Å². The molecule has 1 aromatic rings. The average Bonchev–Trinajstić information content (AvgIpc) is 2.87. The number of aromatic nitrogens is 2. The van der Waals surface area contributed by atoms with Crippen molar-refractivity contribution in [3.05, 3.63) is 18.0 Å². The second kappa shape index (κ2) is 5.12. The first kappa shape index (κ1) is 11.8. The average molecular weight is 236 g/mol. The van der Waals surface area contributed by atoms with Crippen LogP contribution in [0, 0.1) is 5.92 Å². The fraction of sp³-hybridized carbons (Fsp3) is 0.583. The normalized spacial score (nSPS) is 24.3. The largest absolute Gasteiger partial charge is 0.469 e. The summed E-state index contributed by atoms with van der Waals surface area (Å²) in [6, 6.07) is 2.00. The fourth-order valence-electron chi connectivity index (χ4n) is 2.36. The molecule has 1 saturated carbocycles. The summed E-state index contributed by atoms with van der Waals surface area (Å²) in [7, 11) is 1.43. The van der Waals surface area contributed by atoms with Gasteiger partial charge in [0.15, 0.2) is 6.29 Å². The van der Waals surface area contributed by atoms with Gasteiger partial charge >= 0.3 is 5.97 Å². The monoisotopic (exact) mass is 236 g/mol. The van der Waals surface area contributed by atoms with E-state index in [1.165, 1.54) is 7.11 Å². The molecular weight excluding hydrogens is 220 g/mol. The van der Waals surface area contributed by atoms with Crippen molar-refractivity contribution in [1.29, 1.82) is 0 Å². The SMILES string of the molecule is COC(=O)C1CCC(n2ccc(C=O)n2)CC1. The maximum absolute atomic E-state index is 11.4. The molecular formula is C12H16N2O3. The van der Waals surface area contributed by atoms with Crippen molar-refractivity contribution in [2.45, 2.75) is 31.7 Å². The Morgan fingerprint density at radius 2 is 2.18 bits per heavy atom. The van der Waals surface area contributed by atoms with E-state index >= 15 is 0 Å². The van der Waals surface area contributed by atoms with Crippen molar-refractivity contribution in [3.8, 4) is 0 Å². The van der Waals surface area contributed by atoms with E-state index in [1.54, 1.807) is 6.07 Å². The second-order valence-electron chi connectivity index (χ2n) is 4.37. The molecule has 0 saturated heterocycles. The molecule has 5 heteroatoms. The molecule has 0 unspecified atom stereocenters. The van der Waals surface area contributed by atoms with Crippen LogP contribution in [-0.2, 0) is 9.53 Å². The van der Waals surface area contributed by atoms with Crippen molar-refractivity contribution in [2.75, 3.05) is 7.11 Å². The Balaban J connectivity index is 1.94. The van der Waals surface area contributed by atoms with Crippen LogP contribution >= 0.6 is 0 Å². The smallest absolute Gasteiger partial charge is 0.308 e. The number of carbonyl (C=O) groups excluding carboxylic acids is 2. The van der Waals surface area contributed by atoms with Gasteiger partial charge in [-0.25, -0.2) is 0 Å². The van der Waals surface area contributed by atoms with Gasteiger partial charge in [0.05, 0.1) is 19.1 Å². The van der Waals surface area contributed by atoms with Crippen molar-refractivity contribution in [2.24, 2.45) is 5.92 Å². The summed E-state index contributed by atoms with van der Waals surface area (Å²) in [4.78, 5) is 21.9. The van der Waals surface area contributed by atoms with Gasteiger partial charge in [-0.15, -0.1) is 0 Å². The van der Waals surface area contributed by atoms with Gasteiger partial charge in [-0.05, 0) is 31.7 Å². The summed E-state index contributed by atoms with van der Waals surface area (Å²) in [6.07, 6.45) is 6.03. The van der Waals surface area contributed by atoms with E-state index in [-0.39, 0.29) is 11.9 Å². The molecule has 0 radical (unpaired) electrons. The molecule has 1 heterocycles. The van der Waals surface area contributed by atoms with E-state index in [2.05, 4.69) is 5.10 Å². The second-order valence-corrected chi connectivity index (χ2v) is 4.37. The van der Waals surface area contributed by atoms with Crippen molar-refractivity contribution < 1.29 is 14.3 Å². The van der Waals surface area contributed by atoms with Crippen LogP contribution in [-0.4, -0.2) is 29.1 Å². The zero-order valence-corrected chi connectivity index (χ0v) is 9.83. The number of ether oxygens (including phenoxy) is 1. The Morgan fingerprint density at radius 3 is 2.71 bits per heavy atom. The molecule has 92 valence electrons. The van der Waals surface area contributed by atoms with Crippen LogP contribution in [0.3, 0.4) is 0 Å². The lowest BCUT2D eigenvalue weighted by Gasteiger charge is -2.26. The Bertz CT molecular complexity index is 406. The Kier molecular flexibility index (Phi) is 3.56. The lowest BCUT2D eigenvalue weighted by atomic mass is 9.86. The first-order chi connectivity index (χ1) is 8.24. The molecule has 0 N–H and O–H groups in total. The number of nitrogens with zero attached hydrogens (tertiary/aromatic N) is 2. The molecule has 0 spiro atoms. The maximum Gasteiger partial charge on any atom is 0.308 e. The highest BCUT2D eigenvalue weighted by atomic mass is 16.5. The molecule has 1 aliphatic rings. The summed E-state index contributed by atoms with van der Waals surface area (Å²) < 4.78 is 6.58. The molecule has 1 aromatic heterocycles. The summed E-state index contributed by atoms with van der Waals surface area (Å²) in [5, 5.41) is 4.17. The predicted octanol–water partition coefficient (Wildman–Crippen LogP) is 1.60. The van der Waals surface area contributed by atoms with Gasteiger partial charge in [-0.2, -0.15) is 5.10 Å². The molecule has 0 bridgehead atoms. The highest BCUT2D eigenvalue weighted by Crippen LogP contribution is 2.32. The Hall–Kier alpha value is -1.65. The Labute approximate surface area is 99.8 Å². The number of hydrogen-bond donors (Lipinski definition) is 0. The van der Waals surface area contributed by atoms with Crippen LogP contribution in [0.2, 0.25) is 0 Å². The minimum Gasteiger partial charge on any atom is -0.469 e. The van der Waals surface area contributed by atoms with Crippen LogP contribution in [0.1, 0.15) is 42.2 Å². The molecule has 1 fully saturated rings. The first-order valence-electron chi connectivity index (χ1n) is 5.82. The minimum atomic E-state index is -0.113. The zero-order valence-electron chi connectivity index (χ0n) is 9.83. The number of rotatable bonds is 3. The van der Waals surface area contributed by atoms with Crippen LogP contribution < -0.4 is 0 Å². The number of hydrogen-bond acceptors (Lipinski definition) is 4. The highest BCUT2D eigenvalue weighted by Gasteiger charge is 2.27. The molecule has 0 aliphatic heterocycles. The number of methoxy groups -OCH3 is 1. The summed E-state index contributed by atoms with van der Waals surface area (Å²) in [6.45, 7) is 0. The third-order valence-corrected chi connectivity index (χ3v) is 3.36. The summed E-state index contributed by atoms with van der Waals surface area (Å²) in [5.74, 6) is -0.0881. The lowest BCUT2D eigenvalue weighted by Crippen LogP contribution is -2.24. The molecule has 0 aromatic carbocycles. The van der Waals surface area contributed by atoms with Crippen molar-refractivity contribution in [1.82, 2.24) is 9.78 Å². The van der Waals surface area contributed by atoms with Crippen LogP contribution in [0.15, 0.2) is 12.3 Å². The minimum absolute atomic E-state index is 0.0253. The molecule has 1 aliphatic carbocycles. The molecule has 0 atom stereocenters. The summed E-state index contributed by atoms with van der Waals surface area (Å²) >= 11 is 0. The van der Waals surface area contributed by atoms with Crippen molar-refractivity contribution in [3.63, 3.8) is 0 Å². The third kappa shape index (κ3) is 2.54. The van der Waals surface area contributed by atoms with E-state index in [0.717, 1.165) is 32.0 Å². The molecule has 2 rings (SSSR count). The van der Waals surface area contributed by atoms with E-state index in [0.29, 0.717) is 11.7 Å². The third-order valence-electron chi connectivity index (χ3n) is 3.36. The molecule has 17 heavy (non-hydrogen) atoms. The van der Waals surface area contributed by atoms with E-state index in [4.69, 9.17) is 4.74 Å². The van der Waals surface area contributed by atoms with E-state index in [1.807, 2.05) is 10.9 Å². The number of esters is 1. The van der Waals surface area contributed by atoms with Gasteiger partial charge in [0.2, 0.25) is 0 Å². The van der Waals surface area contributed by atoms with Gasteiger partial charge in [-0.1, -0.05) is 0 Å². The zero-order chi connectivity index (χ0) is 12.3. The standard InChI is InChI=1S/C12H16N2O3/c1-17-12(16)9-2-4-11(5-3-9)14-7-6-10(8-15)13-14/h6-9,11H,2-5H2,1H3. The maximum atomic E-state index is 11.4. The van der Waals surface area contributed by atoms with Gasteiger partial charge in [0.1, 0.15) is 5.69 Å². The van der Waals surface area contributed by atoms with E-state index < -0.39 is 0 Å². The van der Waals surface area contributed by atoms with Gasteiger partial charge in [-0.3, -0.25) is 14.3 Å². The number of carbonyl (C=O) groups is 2. The van der Waals surface area contributed by atoms with Gasteiger partial charge in [0, 0.05) is 6.20 Å². The van der Waals surface area contributed by atoms with Crippen LogP contribution in [0.4, 0.5) is 0 Å². The number of aldehydes is 1. The Morgan fingerprint density at radius 1 is 1.47 bits per heavy atom. The molecule has 5 nitrogen and oxygen atoms in total. The van der Waals surface area contributed by atoms with E-state index in [9.17, 15) is 9.59 Å². The summed E-state index contributed by atoms with van der Waals surface area (Å²) in [5.41, 5.74) is 0.458. The van der Waals surface area contributed by atoms with Gasteiger partial charge < -0.3 is 4.74 Å². The quantitative estimate of drug-likeness (QED) is 0.590. The predicted molar refractivity (Wildman–Crippen MR) is 60.6 cm³/mol. The topological polar surface area (TPSA) is 61.2 Å².